The van der Waals surface area contributed by atoms with Gasteiger partial charge in [-0.2, -0.15) is 0 Å². The molecule has 0 unspecified atom stereocenters. The monoisotopic (exact) mass is 378 g/mol. The molecule has 0 aromatic heterocycles. The van der Waals surface area contributed by atoms with Gasteiger partial charge in [-0.25, -0.2) is 9.59 Å². The number of oxime groups is 1. The lowest BCUT2D eigenvalue weighted by atomic mass is 10.1. The fourth-order valence-electron chi connectivity index (χ4n) is 2.77. The highest BCUT2D eigenvalue weighted by atomic mass is 16.6. The van der Waals surface area contributed by atoms with Crippen molar-refractivity contribution < 1.29 is 24.3 Å². The Labute approximate surface area is 158 Å². The number of likely N-dealkylation sites (tertiary alicyclic amines) is 1. The van der Waals surface area contributed by atoms with Crippen molar-refractivity contribution in [2.24, 2.45) is 10.9 Å². The number of ether oxygens (including phenoxy) is 2. The lowest BCUT2D eigenvalue weighted by molar-refractivity contribution is 0.0502. The fraction of sp³-hybridized carbons (Fsp3) is 0.500. The van der Waals surface area contributed by atoms with Crippen LogP contribution in [0, 0.1) is 0 Å². The molecule has 1 aliphatic heterocycles. The third-order valence-corrected chi connectivity index (χ3v) is 3.92. The van der Waals surface area contributed by atoms with Gasteiger partial charge in [-0.15, -0.1) is 0 Å². The quantitative estimate of drug-likeness (QED) is 0.318. The third-order valence-electron chi connectivity index (χ3n) is 3.92. The molecule has 9 heteroatoms. The normalized spacial score (nSPS) is 20.3. The van der Waals surface area contributed by atoms with Crippen molar-refractivity contribution in [2.45, 2.75) is 51.5 Å². The molecule has 1 heterocycles. The van der Waals surface area contributed by atoms with E-state index in [9.17, 15) is 9.59 Å². The smallest absolute Gasteiger partial charge is 0.410 e. The Balaban J connectivity index is 1.99. The summed E-state index contributed by atoms with van der Waals surface area (Å²) in [5.74, 6) is -0.125. The number of nitrogens with one attached hydrogen (secondary N) is 1. The van der Waals surface area contributed by atoms with Gasteiger partial charge in [0.25, 0.3) is 0 Å². The second-order valence-electron chi connectivity index (χ2n) is 7.31. The number of alkyl carbamates (subject to hydrolysis) is 1. The summed E-state index contributed by atoms with van der Waals surface area (Å²) in [5, 5.41) is 14.7. The Morgan fingerprint density at radius 3 is 2.59 bits per heavy atom. The predicted molar refractivity (Wildman–Crippen MR) is 98.3 cm³/mol. The van der Waals surface area contributed by atoms with Crippen molar-refractivity contribution in [3.05, 3.63) is 35.9 Å². The van der Waals surface area contributed by atoms with Crippen molar-refractivity contribution in [1.82, 2.24) is 10.2 Å². The first-order valence-electron chi connectivity index (χ1n) is 8.64. The molecule has 0 aliphatic carbocycles. The van der Waals surface area contributed by atoms with Crippen LogP contribution >= 0.6 is 0 Å². The zero-order valence-electron chi connectivity index (χ0n) is 15.7. The number of carbonyl (C=O) groups excluding carboxylic acids is 2. The third kappa shape index (κ3) is 6.05. The zero-order valence-corrected chi connectivity index (χ0v) is 15.7. The summed E-state index contributed by atoms with van der Waals surface area (Å²) in [5.41, 5.74) is 5.92. The van der Waals surface area contributed by atoms with Crippen LogP contribution in [0.5, 0.6) is 0 Å². The Kier molecular flexibility index (Phi) is 6.49. The topological polar surface area (TPSA) is 126 Å². The number of benzene rings is 1. The molecule has 9 nitrogen and oxygen atoms in total. The lowest BCUT2D eigenvalue weighted by Crippen LogP contribution is -2.44. The number of amidine groups is 1. The molecule has 4 N–H and O–H groups in total. The number of amides is 2. The van der Waals surface area contributed by atoms with Crippen LogP contribution in [-0.2, 0) is 16.1 Å². The van der Waals surface area contributed by atoms with Gasteiger partial charge in [-0.3, -0.25) is 4.90 Å². The van der Waals surface area contributed by atoms with Gasteiger partial charge < -0.3 is 25.7 Å². The van der Waals surface area contributed by atoms with Crippen molar-refractivity contribution in [1.29, 1.82) is 0 Å². The van der Waals surface area contributed by atoms with E-state index in [1.165, 1.54) is 4.90 Å². The lowest BCUT2D eigenvalue weighted by Gasteiger charge is -2.23. The van der Waals surface area contributed by atoms with E-state index >= 15 is 0 Å². The number of hydrogen-bond acceptors (Lipinski definition) is 6. The van der Waals surface area contributed by atoms with Crippen LogP contribution in [0.2, 0.25) is 0 Å². The Morgan fingerprint density at radius 1 is 1.33 bits per heavy atom. The van der Waals surface area contributed by atoms with Crippen molar-refractivity contribution in [3.63, 3.8) is 0 Å². The maximum atomic E-state index is 12.5. The molecule has 0 radical (unpaired) electrons. The summed E-state index contributed by atoms with van der Waals surface area (Å²) in [6.45, 7) is 5.53. The van der Waals surface area contributed by atoms with E-state index in [1.54, 1.807) is 20.8 Å². The summed E-state index contributed by atoms with van der Waals surface area (Å²) in [6, 6.07) is 8.15. The predicted octanol–water partition coefficient (Wildman–Crippen LogP) is 2.04. The molecule has 1 aromatic rings. The Morgan fingerprint density at radius 2 is 2.00 bits per heavy atom. The molecule has 2 atom stereocenters. The molecule has 1 aliphatic rings. The SMILES string of the molecule is CC(C)(C)OC(=O)N[C@H]1C[C@@H](/C(N)=N/O)N(C(=O)OCc2ccccc2)C1. The molecule has 148 valence electrons. The van der Waals surface area contributed by atoms with Gasteiger partial charge in [-0.05, 0) is 32.8 Å². The van der Waals surface area contributed by atoms with E-state index in [2.05, 4.69) is 10.5 Å². The standard InChI is InChI=1S/C18H26N4O5/c1-18(2,3)27-16(23)20-13-9-14(15(19)21-25)22(10-13)17(24)26-11-12-7-5-4-6-8-12/h4-8,13-14,25H,9-11H2,1-3H3,(H2,19,21)(H,20,23)/t13-,14-/m0/s1. The first-order valence-corrected chi connectivity index (χ1v) is 8.64. The summed E-state index contributed by atoms with van der Waals surface area (Å²) < 4.78 is 10.5. The summed E-state index contributed by atoms with van der Waals surface area (Å²) in [7, 11) is 0. The van der Waals surface area contributed by atoms with Crippen LogP contribution in [-0.4, -0.2) is 52.4 Å². The highest BCUT2D eigenvalue weighted by Gasteiger charge is 2.40. The summed E-state index contributed by atoms with van der Waals surface area (Å²) in [6.07, 6.45) is -0.913. The molecule has 1 aromatic carbocycles. The Bertz CT molecular complexity index is 687. The number of rotatable bonds is 4. The Hall–Kier alpha value is -2.97. The number of nitrogens with zero attached hydrogens (tertiary/aromatic N) is 2. The molecule has 27 heavy (non-hydrogen) atoms. The maximum Gasteiger partial charge on any atom is 0.410 e. The number of carbonyl (C=O) groups is 2. The highest BCUT2D eigenvalue weighted by Crippen LogP contribution is 2.20. The van der Waals surface area contributed by atoms with Crippen LogP contribution < -0.4 is 11.1 Å². The van der Waals surface area contributed by atoms with E-state index in [-0.39, 0.29) is 25.4 Å². The van der Waals surface area contributed by atoms with Crippen LogP contribution in [0.25, 0.3) is 0 Å². The van der Waals surface area contributed by atoms with Crippen molar-refractivity contribution in [3.8, 4) is 0 Å². The van der Waals surface area contributed by atoms with Crippen LogP contribution in [0.15, 0.2) is 35.5 Å². The fourth-order valence-corrected chi connectivity index (χ4v) is 2.77. The minimum Gasteiger partial charge on any atom is -0.445 e. The van der Waals surface area contributed by atoms with Gasteiger partial charge in [0.2, 0.25) is 0 Å². The minimum atomic E-state index is -0.682. The second-order valence-corrected chi connectivity index (χ2v) is 7.31. The summed E-state index contributed by atoms with van der Waals surface area (Å²) >= 11 is 0. The van der Waals surface area contributed by atoms with E-state index < -0.39 is 29.9 Å². The first kappa shape index (κ1) is 20.3. The van der Waals surface area contributed by atoms with Gasteiger partial charge >= 0.3 is 12.2 Å². The number of hydrogen-bond donors (Lipinski definition) is 3. The largest absolute Gasteiger partial charge is 0.445 e. The maximum absolute atomic E-state index is 12.5. The molecule has 0 bridgehead atoms. The molecule has 0 saturated carbocycles. The molecule has 2 amide bonds. The van der Waals surface area contributed by atoms with E-state index in [1.807, 2.05) is 30.3 Å². The van der Waals surface area contributed by atoms with Crippen molar-refractivity contribution >= 4 is 18.0 Å². The van der Waals surface area contributed by atoms with E-state index in [4.69, 9.17) is 20.4 Å². The van der Waals surface area contributed by atoms with Crippen LogP contribution in [0.1, 0.15) is 32.8 Å². The molecule has 0 spiro atoms. The minimum absolute atomic E-state index is 0.100. The van der Waals surface area contributed by atoms with E-state index in [0.717, 1.165) is 5.56 Å². The van der Waals surface area contributed by atoms with Gasteiger partial charge in [-0.1, -0.05) is 35.5 Å². The second kappa shape index (κ2) is 8.61. The number of nitrogens with two attached hydrogens (primary N) is 1. The van der Waals surface area contributed by atoms with Gasteiger partial charge in [0.1, 0.15) is 12.2 Å². The average molecular weight is 378 g/mol. The first-order chi connectivity index (χ1) is 12.7. The average Bonchev–Trinajstić information content (AvgIpc) is 3.02. The molecule has 1 fully saturated rings. The van der Waals surface area contributed by atoms with Crippen LogP contribution in [0.3, 0.4) is 0 Å². The van der Waals surface area contributed by atoms with Crippen LogP contribution in [0.4, 0.5) is 9.59 Å². The van der Waals surface area contributed by atoms with Crippen molar-refractivity contribution in [2.75, 3.05) is 6.54 Å². The molecule has 2 rings (SSSR count). The van der Waals surface area contributed by atoms with Gasteiger partial charge in [0.15, 0.2) is 5.84 Å². The zero-order chi connectivity index (χ0) is 20.0. The van der Waals surface area contributed by atoms with Gasteiger partial charge in [0, 0.05) is 6.54 Å². The highest BCUT2D eigenvalue weighted by molar-refractivity contribution is 5.89. The molecular formula is C18H26N4O5. The molecular weight excluding hydrogens is 352 g/mol. The molecule has 1 saturated heterocycles. The van der Waals surface area contributed by atoms with Gasteiger partial charge in [0.05, 0.1) is 12.1 Å². The van der Waals surface area contributed by atoms with E-state index in [0.29, 0.717) is 0 Å². The summed E-state index contributed by atoms with van der Waals surface area (Å²) in [4.78, 5) is 25.8.